The van der Waals surface area contributed by atoms with Crippen molar-refractivity contribution in [3.8, 4) is 0 Å². The first-order chi connectivity index (χ1) is 10.1. The molecule has 0 spiro atoms. The van der Waals surface area contributed by atoms with Gasteiger partial charge in [-0.3, -0.25) is 0 Å². The van der Waals surface area contributed by atoms with E-state index in [1.54, 1.807) is 31.4 Å². The molecule has 116 valence electrons. The van der Waals surface area contributed by atoms with Crippen LogP contribution in [0.25, 0.3) is 0 Å². The number of nitrogens with two attached hydrogens (primary N) is 1. The fourth-order valence-corrected chi connectivity index (χ4v) is 1.76. The highest BCUT2D eigenvalue weighted by atomic mass is 35.5. The van der Waals surface area contributed by atoms with E-state index in [1.165, 1.54) is 4.90 Å². The predicted molar refractivity (Wildman–Crippen MR) is 81.9 cm³/mol. The van der Waals surface area contributed by atoms with E-state index in [2.05, 4.69) is 10.5 Å². The number of ether oxygens (including phenoxy) is 1. The number of halogens is 1. The second-order valence-corrected chi connectivity index (χ2v) is 4.64. The van der Waals surface area contributed by atoms with Gasteiger partial charge in [0.1, 0.15) is 5.84 Å². The number of benzene rings is 1. The molecule has 1 aromatic carbocycles. The topological polar surface area (TPSA) is 100 Å². The molecular weight excluding hydrogens is 296 g/mol. The van der Waals surface area contributed by atoms with Crippen molar-refractivity contribution >= 4 is 29.2 Å². The third-order valence-corrected chi connectivity index (χ3v) is 3.06. The van der Waals surface area contributed by atoms with E-state index < -0.39 is 0 Å². The summed E-state index contributed by atoms with van der Waals surface area (Å²) in [5.74, 6) is 0.0583. The molecule has 0 unspecified atom stereocenters. The van der Waals surface area contributed by atoms with E-state index in [0.717, 1.165) is 0 Å². The molecule has 0 radical (unpaired) electrons. The SMILES string of the molecule is COCCN(CCC(N)=NO)C(=O)Nc1ccccc1Cl. The van der Waals surface area contributed by atoms with Crippen LogP contribution in [0.1, 0.15) is 6.42 Å². The summed E-state index contributed by atoms with van der Waals surface area (Å²) in [4.78, 5) is 13.7. The number of carbonyl (C=O) groups is 1. The number of para-hydroxylation sites is 1. The Hall–Kier alpha value is -1.99. The second kappa shape index (κ2) is 9.04. The third-order valence-electron chi connectivity index (χ3n) is 2.73. The summed E-state index contributed by atoms with van der Waals surface area (Å²) in [6.45, 7) is 1.06. The van der Waals surface area contributed by atoms with Crippen molar-refractivity contribution in [2.24, 2.45) is 10.9 Å². The number of carbonyl (C=O) groups excluding carboxylic acids is 1. The van der Waals surface area contributed by atoms with Crippen LogP contribution in [-0.2, 0) is 4.74 Å². The molecule has 1 rings (SSSR count). The monoisotopic (exact) mass is 314 g/mol. The average Bonchev–Trinajstić information content (AvgIpc) is 2.49. The maximum atomic E-state index is 12.2. The lowest BCUT2D eigenvalue weighted by Crippen LogP contribution is -2.39. The molecule has 2 amide bonds. The molecule has 0 saturated carbocycles. The van der Waals surface area contributed by atoms with Gasteiger partial charge < -0.3 is 25.9 Å². The van der Waals surface area contributed by atoms with Crippen LogP contribution < -0.4 is 11.1 Å². The lowest BCUT2D eigenvalue weighted by atomic mass is 10.3. The Morgan fingerprint density at radius 3 is 2.81 bits per heavy atom. The Labute approximate surface area is 128 Å². The van der Waals surface area contributed by atoms with E-state index >= 15 is 0 Å². The lowest BCUT2D eigenvalue weighted by Gasteiger charge is -2.22. The van der Waals surface area contributed by atoms with Gasteiger partial charge in [0.2, 0.25) is 0 Å². The number of urea groups is 1. The normalized spacial score (nSPS) is 11.2. The summed E-state index contributed by atoms with van der Waals surface area (Å²) in [6, 6.07) is 6.62. The number of hydrogen-bond acceptors (Lipinski definition) is 4. The number of anilines is 1. The van der Waals surface area contributed by atoms with Crippen molar-refractivity contribution in [3.05, 3.63) is 29.3 Å². The zero-order chi connectivity index (χ0) is 15.7. The lowest BCUT2D eigenvalue weighted by molar-refractivity contribution is 0.156. The van der Waals surface area contributed by atoms with Gasteiger partial charge in [-0.25, -0.2) is 4.79 Å². The van der Waals surface area contributed by atoms with Crippen molar-refractivity contribution in [3.63, 3.8) is 0 Å². The minimum Gasteiger partial charge on any atom is -0.409 e. The zero-order valence-electron chi connectivity index (χ0n) is 11.8. The van der Waals surface area contributed by atoms with Crippen LogP contribution in [0.4, 0.5) is 10.5 Å². The maximum absolute atomic E-state index is 12.2. The molecule has 0 aliphatic rings. The van der Waals surface area contributed by atoms with Crippen molar-refractivity contribution in [2.45, 2.75) is 6.42 Å². The van der Waals surface area contributed by atoms with Crippen LogP contribution in [-0.4, -0.2) is 48.8 Å². The predicted octanol–water partition coefficient (Wildman–Crippen LogP) is 1.96. The van der Waals surface area contributed by atoms with E-state index in [1.807, 2.05) is 0 Å². The summed E-state index contributed by atoms with van der Waals surface area (Å²) >= 11 is 6.00. The summed E-state index contributed by atoms with van der Waals surface area (Å²) < 4.78 is 4.97. The molecule has 0 fully saturated rings. The minimum atomic E-state index is -0.328. The first-order valence-corrected chi connectivity index (χ1v) is 6.72. The highest BCUT2D eigenvalue weighted by molar-refractivity contribution is 6.33. The molecule has 0 bridgehead atoms. The maximum Gasteiger partial charge on any atom is 0.321 e. The molecule has 0 heterocycles. The summed E-state index contributed by atoms with van der Waals surface area (Å²) in [5, 5.41) is 14.6. The fraction of sp³-hybridized carbons (Fsp3) is 0.385. The first-order valence-electron chi connectivity index (χ1n) is 6.34. The average molecular weight is 315 g/mol. The van der Waals surface area contributed by atoms with Crippen LogP contribution in [0, 0.1) is 0 Å². The largest absolute Gasteiger partial charge is 0.409 e. The molecule has 0 aliphatic heterocycles. The van der Waals surface area contributed by atoms with E-state index in [-0.39, 0.29) is 18.3 Å². The Morgan fingerprint density at radius 2 is 2.19 bits per heavy atom. The first kappa shape index (κ1) is 17.1. The van der Waals surface area contributed by atoms with Crippen LogP contribution in [0.2, 0.25) is 5.02 Å². The van der Waals surface area contributed by atoms with Gasteiger partial charge in [-0.05, 0) is 12.1 Å². The zero-order valence-corrected chi connectivity index (χ0v) is 12.5. The molecule has 4 N–H and O–H groups in total. The Morgan fingerprint density at radius 1 is 1.48 bits per heavy atom. The van der Waals surface area contributed by atoms with Gasteiger partial charge in [-0.2, -0.15) is 0 Å². The molecule has 0 saturated heterocycles. The number of hydrogen-bond donors (Lipinski definition) is 3. The molecule has 21 heavy (non-hydrogen) atoms. The van der Waals surface area contributed by atoms with Crippen molar-refractivity contribution < 1.29 is 14.7 Å². The van der Waals surface area contributed by atoms with E-state index in [4.69, 9.17) is 27.3 Å². The van der Waals surface area contributed by atoms with Gasteiger partial charge >= 0.3 is 6.03 Å². The smallest absolute Gasteiger partial charge is 0.321 e. The number of oxime groups is 1. The van der Waals surface area contributed by atoms with E-state index in [0.29, 0.717) is 30.4 Å². The number of amides is 2. The Balaban J connectivity index is 2.68. The van der Waals surface area contributed by atoms with Gasteiger partial charge in [0.15, 0.2) is 0 Å². The fourth-order valence-electron chi connectivity index (χ4n) is 1.57. The second-order valence-electron chi connectivity index (χ2n) is 4.23. The van der Waals surface area contributed by atoms with Gasteiger partial charge in [-0.15, -0.1) is 0 Å². The number of amidine groups is 1. The molecule has 8 heteroatoms. The molecule has 0 aliphatic carbocycles. The van der Waals surface area contributed by atoms with Gasteiger partial charge in [0.25, 0.3) is 0 Å². The standard InChI is InChI=1S/C13H19ClN4O3/c1-21-9-8-18(7-6-12(15)17-20)13(19)16-11-5-3-2-4-10(11)14/h2-5,20H,6-9H2,1H3,(H2,15,17)(H,16,19). The summed E-state index contributed by atoms with van der Waals surface area (Å²) in [6.07, 6.45) is 0.260. The Bertz CT molecular complexity index is 496. The highest BCUT2D eigenvalue weighted by Crippen LogP contribution is 2.20. The third kappa shape index (κ3) is 5.88. The molecule has 0 aromatic heterocycles. The van der Waals surface area contributed by atoms with Crippen molar-refractivity contribution in [1.29, 1.82) is 0 Å². The Kier molecular flexibility index (Phi) is 7.34. The molecule has 1 aromatic rings. The van der Waals surface area contributed by atoms with Gasteiger partial charge in [0, 0.05) is 26.6 Å². The van der Waals surface area contributed by atoms with Crippen LogP contribution in [0.5, 0.6) is 0 Å². The molecule has 0 atom stereocenters. The van der Waals surface area contributed by atoms with E-state index in [9.17, 15) is 4.79 Å². The number of methoxy groups -OCH3 is 1. The summed E-state index contributed by atoms with van der Waals surface area (Å²) in [5.41, 5.74) is 5.94. The number of rotatable bonds is 7. The number of nitrogens with one attached hydrogen (secondary N) is 1. The van der Waals surface area contributed by atoms with Crippen LogP contribution in [0.3, 0.4) is 0 Å². The minimum absolute atomic E-state index is 0.0583. The molecule has 7 nitrogen and oxygen atoms in total. The van der Waals surface area contributed by atoms with Gasteiger partial charge in [0.05, 0.1) is 17.3 Å². The van der Waals surface area contributed by atoms with Crippen molar-refractivity contribution in [2.75, 3.05) is 32.1 Å². The quantitative estimate of drug-likeness (QED) is 0.310. The summed E-state index contributed by atoms with van der Waals surface area (Å²) in [7, 11) is 1.55. The van der Waals surface area contributed by atoms with Crippen molar-refractivity contribution in [1.82, 2.24) is 4.90 Å². The highest BCUT2D eigenvalue weighted by Gasteiger charge is 2.15. The number of nitrogens with zero attached hydrogens (tertiary/aromatic N) is 2. The van der Waals surface area contributed by atoms with Crippen LogP contribution in [0.15, 0.2) is 29.4 Å². The van der Waals surface area contributed by atoms with Crippen LogP contribution >= 0.6 is 11.6 Å². The van der Waals surface area contributed by atoms with Gasteiger partial charge in [-0.1, -0.05) is 28.9 Å². The molecular formula is C13H19ClN4O3.